The molecule has 3 heteroatoms. The standard InChI is InChI=1S/C12H15ClN2/c1-8(14)5-9-3-4-12-10(6-9)11(13)7-15(12)2/h3-4,6-8H,5,14H2,1-2H3. The number of aromatic nitrogens is 1. The van der Waals surface area contributed by atoms with E-state index >= 15 is 0 Å². The van der Waals surface area contributed by atoms with Gasteiger partial charge in [-0.05, 0) is 31.0 Å². The molecule has 0 aliphatic rings. The Labute approximate surface area is 94.6 Å². The zero-order valence-corrected chi connectivity index (χ0v) is 9.75. The van der Waals surface area contributed by atoms with Crippen LogP contribution in [-0.4, -0.2) is 10.6 Å². The van der Waals surface area contributed by atoms with Crippen LogP contribution >= 0.6 is 11.6 Å². The maximum atomic E-state index is 6.13. The highest BCUT2D eigenvalue weighted by Gasteiger charge is 2.06. The summed E-state index contributed by atoms with van der Waals surface area (Å²) in [6, 6.07) is 6.52. The summed E-state index contributed by atoms with van der Waals surface area (Å²) in [6.45, 7) is 2.01. The number of nitrogens with zero attached hydrogens (tertiary/aromatic N) is 1. The fourth-order valence-corrected chi connectivity index (χ4v) is 2.19. The van der Waals surface area contributed by atoms with Crippen molar-refractivity contribution in [2.45, 2.75) is 19.4 Å². The maximum Gasteiger partial charge on any atom is 0.0661 e. The average molecular weight is 223 g/mol. The lowest BCUT2D eigenvalue weighted by Gasteiger charge is -2.05. The quantitative estimate of drug-likeness (QED) is 0.833. The number of hydrogen-bond donors (Lipinski definition) is 1. The molecular weight excluding hydrogens is 208 g/mol. The van der Waals surface area contributed by atoms with E-state index in [4.69, 9.17) is 17.3 Å². The minimum Gasteiger partial charge on any atom is -0.349 e. The second kappa shape index (κ2) is 3.87. The Morgan fingerprint density at radius 2 is 2.20 bits per heavy atom. The van der Waals surface area contributed by atoms with Gasteiger partial charge in [0.2, 0.25) is 0 Å². The van der Waals surface area contributed by atoms with Crippen LogP contribution in [-0.2, 0) is 13.5 Å². The van der Waals surface area contributed by atoms with Crippen molar-refractivity contribution in [1.82, 2.24) is 4.57 Å². The molecule has 1 atom stereocenters. The first-order valence-electron chi connectivity index (χ1n) is 5.07. The fraction of sp³-hybridized carbons (Fsp3) is 0.333. The minimum atomic E-state index is 0.185. The summed E-state index contributed by atoms with van der Waals surface area (Å²) in [5.74, 6) is 0. The lowest BCUT2D eigenvalue weighted by Crippen LogP contribution is -2.17. The fourth-order valence-electron chi connectivity index (χ4n) is 1.89. The highest BCUT2D eigenvalue weighted by Crippen LogP contribution is 2.26. The number of benzene rings is 1. The second-order valence-corrected chi connectivity index (χ2v) is 4.53. The van der Waals surface area contributed by atoms with Crippen LogP contribution in [0.15, 0.2) is 24.4 Å². The smallest absolute Gasteiger partial charge is 0.0661 e. The zero-order valence-electron chi connectivity index (χ0n) is 9.00. The Hall–Kier alpha value is -0.990. The van der Waals surface area contributed by atoms with Crippen molar-refractivity contribution in [3.05, 3.63) is 35.0 Å². The van der Waals surface area contributed by atoms with Gasteiger partial charge in [0.15, 0.2) is 0 Å². The van der Waals surface area contributed by atoms with E-state index in [9.17, 15) is 0 Å². The van der Waals surface area contributed by atoms with Gasteiger partial charge in [0, 0.05) is 30.2 Å². The molecule has 0 saturated carbocycles. The van der Waals surface area contributed by atoms with E-state index in [1.54, 1.807) is 0 Å². The third kappa shape index (κ3) is 2.01. The molecule has 1 heterocycles. The molecule has 2 rings (SSSR count). The molecule has 0 saturated heterocycles. The van der Waals surface area contributed by atoms with Gasteiger partial charge in [-0.3, -0.25) is 0 Å². The lowest BCUT2D eigenvalue weighted by molar-refractivity contribution is 0.739. The first-order chi connectivity index (χ1) is 7.08. The van der Waals surface area contributed by atoms with Gasteiger partial charge in [0.1, 0.15) is 0 Å². The van der Waals surface area contributed by atoms with E-state index < -0.39 is 0 Å². The number of fused-ring (bicyclic) bond motifs is 1. The molecule has 15 heavy (non-hydrogen) atoms. The van der Waals surface area contributed by atoms with Gasteiger partial charge < -0.3 is 10.3 Å². The monoisotopic (exact) mass is 222 g/mol. The van der Waals surface area contributed by atoms with E-state index in [-0.39, 0.29) is 6.04 Å². The second-order valence-electron chi connectivity index (χ2n) is 4.12. The Bertz CT molecular complexity index is 486. The molecule has 0 amide bonds. The van der Waals surface area contributed by atoms with Gasteiger partial charge in [-0.1, -0.05) is 17.7 Å². The topological polar surface area (TPSA) is 30.9 Å². The summed E-state index contributed by atoms with van der Waals surface area (Å²) >= 11 is 6.13. The van der Waals surface area contributed by atoms with Crippen molar-refractivity contribution in [2.24, 2.45) is 12.8 Å². The Morgan fingerprint density at radius 3 is 2.87 bits per heavy atom. The van der Waals surface area contributed by atoms with Crippen LogP contribution in [0.25, 0.3) is 10.9 Å². The van der Waals surface area contributed by atoms with Crippen molar-refractivity contribution in [3.63, 3.8) is 0 Å². The van der Waals surface area contributed by atoms with E-state index in [0.29, 0.717) is 0 Å². The predicted octanol–water partition coefficient (Wildman–Crippen LogP) is 2.72. The van der Waals surface area contributed by atoms with Crippen LogP contribution in [0.5, 0.6) is 0 Å². The average Bonchev–Trinajstić information content (AvgIpc) is 2.41. The van der Waals surface area contributed by atoms with Crippen LogP contribution in [0.4, 0.5) is 0 Å². The van der Waals surface area contributed by atoms with Gasteiger partial charge in [-0.25, -0.2) is 0 Å². The molecule has 1 aromatic heterocycles. The highest BCUT2D eigenvalue weighted by molar-refractivity contribution is 6.35. The number of aryl methyl sites for hydroxylation is 1. The Kier molecular flexibility index (Phi) is 2.72. The van der Waals surface area contributed by atoms with Crippen molar-refractivity contribution in [2.75, 3.05) is 0 Å². The van der Waals surface area contributed by atoms with E-state index in [1.165, 1.54) is 5.56 Å². The third-order valence-electron chi connectivity index (χ3n) is 2.56. The summed E-state index contributed by atoms with van der Waals surface area (Å²) < 4.78 is 2.04. The molecule has 0 fully saturated rings. The van der Waals surface area contributed by atoms with Crippen molar-refractivity contribution >= 4 is 22.5 Å². The molecule has 1 unspecified atom stereocenters. The number of rotatable bonds is 2. The minimum absolute atomic E-state index is 0.185. The first-order valence-corrected chi connectivity index (χ1v) is 5.45. The molecule has 2 nitrogen and oxygen atoms in total. The summed E-state index contributed by atoms with van der Waals surface area (Å²) in [4.78, 5) is 0. The van der Waals surface area contributed by atoms with E-state index in [1.807, 2.05) is 24.7 Å². The van der Waals surface area contributed by atoms with Crippen LogP contribution < -0.4 is 5.73 Å². The van der Waals surface area contributed by atoms with Crippen molar-refractivity contribution < 1.29 is 0 Å². The molecular formula is C12H15ClN2. The predicted molar refractivity (Wildman–Crippen MR) is 65.3 cm³/mol. The van der Waals surface area contributed by atoms with Crippen LogP contribution in [0.3, 0.4) is 0 Å². The number of hydrogen-bond acceptors (Lipinski definition) is 1. The summed E-state index contributed by atoms with van der Waals surface area (Å²) in [5.41, 5.74) is 8.18. The third-order valence-corrected chi connectivity index (χ3v) is 2.86. The van der Waals surface area contributed by atoms with Crippen LogP contribution in [0.1, 0.15) is 12.5 Å². The molecule has 0 aliphatic heterocycles. The first kappa shape index (κ1) is 10.5. The van der Waals surface area contributed by atoms with Gasteiger partial charge in [-0.2, -0.15) is 0 Å². The maximum absolute atomic E-state index is 6.13. The van der Waals surface area contributed by atoms with Gasteiger partial charge in [-0.15, -0.1) is 0 Å². The molecule has 2 N–H and O–H groups in total. The summed E-state index contributed by atoms with van der Waals surface area (Å²) in [5, 5.41) is 1.91. The van der Waals surface area contributed by atoms with E-state index in [2.05, 4.69) is 18.2 Å². The molecule has 2 aromatic rings. The molecule has 0 spiro atoms. The van der Waals surface area contributed by atoms with Gasteiger partial charge >= 0.3 is 0 Å². The van der Waals surface area contributed by atoms with Gasteiger partial charge in [0.05, 0.1) is 5.02 Å². The Morgan fingerprint density at radius 1 is 1.47 bits per heavy atom. The van der Waals surface area contributed by atoms with Crippen LogP contribution in [0.2, 0.25) is 5.02 Å². The molecule has 1 aromatic carbocycles. The molecule has 0 bridgehead atoms. The largest absolute Gasteiger partial charge is 0.349 e. The van der Waals surface area contributed by atoms with E-state index in [0.717, 1.165) is 22.3 Å². The normalized spacial score (nSPS) is 13.3. The van der Waals surface area contributed by atoms with Crippen molar-refractivity contribution in [3.8, 4) is 0 Å². The Balaban J connectivity index is 2.50. The summed E-state index contributed by atoms with van der Waals surface area (Å²) in [6.07, 6.45) is 2.82. The van der Waals surface area contributed by atoms with Crippen molar-refractivity contribution in [1.29, 1.82) is 0 Å². The molecule has 0 aliphatic carbocycles. The van der Waals surface area contributed by atoms with Crippen LogP contribution in [0, 0.1) is 0 Å². The number of halogens is 1. The highest BCUT2D eigenvalue weighted by atomic mass is 35.5. The SMILES string of the molecule is CC(N)Cc1ccc2c(c1)c(Cl)cn2C. The molecule has 80 valence electrons. The lowest BCUT2D eigenvalue weighted by atomic mass is 10.1. The van der Waals surface area contributed by atoms with Gasteiger partial charge in [0.25, 0.3) is 0 Å². The summed E-state index contributed by atoms with van der Waals surface area (Å²) in [7, 11) is 2.00. The number of nitrogens with two attached hydrogens (primary N) is 1. The zero-order chi connectivity index (χ0) is 11.0. The molecule has 0 radical (unpaired) electrons.